The zero-order valence-corrected chi connectivity index (χ0v) is 28.1. The first-order valence-electron chi connectivity index (χ1n) is 16.3. The smallest absolute Gasteiger partial charge is 0.178 e. The number of hydrogen-bond donors (Lipinski definition) is 2. The van der Waals surface area contributed by atoms with Crippen molar-refractivity contribution in [1.29, 1.82) is 0 Å². The van der Waals surface area contributed by atoms with Crippen LogP contribution in [-0.4, -0.2) is 100 Å². The molecule has 3 saturated heterocycles. The van der Waals surface area contributed by atoms with Crippen LogP contribution in [0.3, 0.4) is 0 Å². The van der Waals surface area contributed by atoms with Crippen LogP contribution in [-0.2, 0) is 33.5 Å². The number of sulfone groups is 1. The molecule has 10 atom stereocenters. The van der Waals surface area contributed by atoms with Gasteiger partial charge in [0.1, 0.15) is 0 Å². The Hall–Kier alpha value is -2.15. The molecule has 0 radical (unpaired) electrons. The van der Waals surface area contributed by atoms with Crippen molar-refractivity contribution >= 4 is 9.84 Å². The van der Waals surface area contributed by atoms with E-state index >= 15 is 0 Å². The molecule has 3 aliphatic rings. The van der Waals surface area contributed by atoms with Gasteiger partial charge in [-0.3, -0.25) is 0 Å². The third-order valence-electron chi connectivity index (χ3n) is 9.39. The monoisotopic (exact) mass is 660 g/mol. The fourth-order valence-electron chi connectivity index (χ4n) is 6.90. The lowest BCUT2D eigenvalue weighted by Crippen LogP contribution is -2.40. The van der Waals surface area contributed by atoms with Gasteiger partial charge in [-0.2, -0.15) is 0 Å². The predicted molar refractivity (Wildman–Crippen MR) is 177 cm³/mol. The first kappa shape index (κ1) is 36.7. The molecule has 0 saturated carbocycles. The molecular formula is C36H52O9S. The maximum Gasteiger partial charge on any atom is 0.178 e. The summed E-state index contributed by atoms with van der Waals surface area (Å²) in [4.78, 5) is 0.240. The van der Waals surface area contributed by atoms with E-state index in [2.05, 4.69) is 26.7 Å². The SMILES string of the molecule is C=CCOC/C=C/[C@H]1CC(=C)C(CCC2C[C@@H](C)C(=C)C(CC3OC(C[C@H](O)CO)[C@H](OC)C3CS(=O)(=O)c3ccccc3)O2)O1. The minimum Gasteiger partial charge on any atom is -0.394 e. The summed E-state index contributed by atoms with van der Waals surface area (Å²) in [7, 11) is -2.14. The molecule has 0 aliphatic carbocycles. The summed E-state index contributed by atoms with van der Waals surface area (Å²) >= 11 is 0. The minimum absolute atomic E-state index is 0.0156. The van der Waals surface area contributed by atoms with Crippen molar-refractivity contribution in [2.75, 3.05) is 32.7 Å². The normalized spacial score (nSPS) is 32.7. The highest BCUT2D eigenvalue weighted by Gasteiger charge is 2.49. The predicted octanol–water partition coefficient (Wildman–Crippen LogP) is 4.59. The molecule has 3 fully saturated rings. The zero-order chi connectivity index (χ0) is 33.3. The van der Waals surface area contributed by atoms with Crippen LogP contribution >= 0.6 is 0 Å². The maximum atomic E-state index is 13.5. The van der Waals surface area contributed by atoms with Gasteiger partial charge in [-0.1, -0.05) is 56.5 Å². The lowest BCUT2D eigenvalue weighted by Gasteiger charge is -2.38. The van der Waals surface area contributed by atoms with Crippen LogP contribution < -0.4 is 0 Å². The highest BCUT2D eigenvalue weighted by molar-refractivity contribution is 7.91. The summed E-state index contributed by atoms with van der Waals surface area (Å²) in [6, 6.07) is 8.37. The third-order valence-corrected chi connectivity index (χ3v) is 11.2. The standard InChI is InChI=1S/C36H52O9S/c1-6-16-42-17-10-11-28-19-25(3)32(43-28)15-14-29-18-24(2)26(4)33(44-29)21-34-31(23-46(39,40)30-12-8-7-9-13-30)36(41-5)35(45-34)20-27(38)22-37/h6-13,24,27-29,31-38H,1,3-4,14-23H2,2,5H3/b11-10+/t24-,27+,28+,29?,31?,32?,33?,34?,35?,36-/m1/s1. The molecule has 1 aromatic carbocycles. The number of aliphatic hydroxyl groups is 2. The average Bonchev–Trinajstić information content (AvgIpc) is 3.55. The van der Waals surface area contributed by atoms with E-state index < -0.39 is 46.8 Å². The van der Waals surface area contributed by atoms with Gasteiger partial charge < -0.3 is 33.9 Å². The first-order valence-corrected chi connectivity index (χ1v) is 18.0. The Labute approximate surface area is 274 Å². The molecule has 3 aliphatic heterocycles. The van der Waals surface area contributed by atoms with E-state index in [4.69, 9.17) is 23.7 Å². The van der Waals surface area contributed by atoms with Gasteiger partial charge in [-0.15, -0.1) is 6.58 Å². The highest BCUT2D eigenvalue weighted by atomic mass is 32.2. The van der Waals surface area contributed by atoms with Crippen molar-refractivity contribution in [3.63, 3.8) is 0 Å². The van der Waals surface area contributed by atoms with Gasteiger partial charge in [0.05, 0.1) is 79.3 Å². The maximum absolute atomic E-state index is 13.5. The Bertz CT molecular complexity index is 1280. The van der Waals surface area contributed by atoms with Crippen LogP contribution in [0.2, 0.25) is 0 Å². The van der Waals surface area contributed by atoms with Crippen LogP contribution in [0, 0.1) is 11.8 Å². The van der Waals surface area contributed by atoms with Crippen molar-refractivity contribution < 1.29 is 42.3 Å². The first-order chi connectivity index (χ1) is 22.1. The van der Waals surface area contributed by atoms with Crippen LogP contribution in [0.1, 0.15) is 45.4 Å². The molecular weight excluding hydrogens is 608 g/mol. The molecule has 1 aromatic rings. The zero-order valence-electron chi connectivity index (χ0n) is 27.2. The van der Waals surface area contributed by atoms with Crippen molar-refractivity contribution in [3.8, 4) is 0 Å². The lowest BCUT2D eigenvalue weighted by atomic mass is 9.83. The molecule has 6 unspecified atom stereocenters. The Morgan fingerprint density at radius 3 is 2.52 bits per heavy atom. The summed E-state index contributed by atoms with van der Waals surface area (Å²) in [6.07, 6.45) is 6.34. The molecule has 2 N–H and O–H groups in total. The number of ether oxygens (including phenoxy) is 5. The van der Waals surface area contributed by atoms with E-state index in [9.17, 15) is 18.6 Å². The molecule has 3 heterocycles. The number of methoxy groups -OCH3 is 1. The Balaban J connectivity index is 1.42. The molecule has 9 nitrogen and oxygen atoms in total. The molecule has 0 amide bonds. The van der Waals surface area contributed by atoms with Crippen LogP contribution in [0.4, 0.5) is 0 Å². The van der Waals surface area contributed by atoms with Gasteiger partial charge in [-0.25, -0.2) is 8.42 Å². The Morgan fingerprint density at radius 1 is 1.07 bits per heavy atom. The van der Waals surface area contributed by atoms with E-state index in [0.29, 0.717) is 19.6 Å². The Morgan fingerprint density at radius 2 is 1.83 bits per heavy atom. The van der Waals surface area contributed by atoms with E-state index in [1.165, 1.54) is 7.11 Å². The van der Waals surface area contributed by atoms with Crippen LogP contribution in [0.15, 0.2) is 84.3 Å². The van der Waals surface area contributed by atoms with Crippen molar-refractivity contribution in [2.45, 2.75) is 99.2 Å². The molecule has 256 valence electrons. The molecule has 0 bridgehead atoms. The second-order valence-electron chi connectivity index (χ2n) is 12.8. The second kappa shape index (κ2) is 17.3. The van der Waals surface area contributed by atoms with Gasteiger partial charge in [0.2, 0.25) is 0 Å². The van der Waals surface area contributed by atoms with E-state index in [1.807, 2.05) is 12.2 Å². The van der Waals surface area contributed by atoms with E-state index in [0.717, 1.165) is 36.8 Å². The minimum atomic E-state index is -3.66. The topological polar surface area (TPSA) is 121 Å². The summed E-state index contributed by atoms with van der Waals surface area (Å²) in [5.41, 5.74) is 2.04. The molecule has 4 rings (SSSR count). The summed E-state index contributed by atoms with van der Waals surface area (Å²) in [6.45, 7) is 15.0. The van der Waals surface area contributed by atoms with Gasteiger partial charge in [0, 0.05) is 32.3 Å². The fourth-order valence-corrected chi connectivity index (χ4v) is 8.57. The van der Waals surface area contributed by atoms with Crippen LogP contribution in [0.5, 0.6) is 0 Å². The third kappa shape index (κ3) is 9.70. The summed E-state index contributed by atoms with van der Waals surface area (Å²) in [5, 5.41) is 19.7. The van der Waals surface area contributed by atoms with E-state index in [1.54, 1.807) is 36.4 Å². The van der Waals surface area contributed by atoms with Gasteiger partial charge >= 0.3 is 0 Å². The molecule has 46 heavy (non-hydrogen) atoms. The summed E-state index contributed by atoms with van der Waals surface area (Å²) < 4.78 is 57.6. The fraction of sp³-hybridized carbons (Fsp3) is 0.611. The molecule has 0 spiro atoms. The highest BCUT2D eigenvalue weighted by Crippen LogP contribution is 2.41. The quantitative estimate of drug-likeness (QED) is 0.183. The number of benzene rings is 1. The molecule has 10 heteroatoms. The van der Waals surface area contributed by atoms with Crippen LogP contribution in [0.25, 0.3) is 0 Å². The second-order valence-corrected chi connectivity index (χ2v) is 14.8. The van der Waals surface area contributed by atoms with Gasteiger partial charge in [0.15, 0.2) is 9.84 Å². The van der Waals surface area contributed by atoms with Crippen molar-refractivity contribution in [3.05, 3.63) is 79.4 Å². The molecule has 0 aromatic heterocycles. The van der Waals surface area contributed by atoms with Crippen molar-refractivity contribution in [1.82, 2.24) is 0 Å². The van der Waals surface area contributed by atoms with Gasteiger partial charge in [-0.05, 0) is 48.5 Å². The lowest BCUT2D eigenvalue weighted by molar-refractivity contribution is -0.0785. The number of hydrogen-bond acceptors (Lipinski definition) is 9. The average molecular weight is 661 g/mol. The Kier molecular flexibility index (Phi) is 13.8. The van der Waals surface area contributed by atoms with E-state index in [-0.39, 0.29) is 47.4 Å². The number of aliphatic hydroxyl groups excluding tert-OH is 2. The summed E-state index contributed by atoms with van der Waals surface area (Å²) in [5.74, 6) is -0.484. The largest absolute Gasteiger partial charge is 0.394 e. The van der Waals surface area contributed by atoms with Gasteiger partial charge in [0.25, 0.3) is 0 Å². The van der Waals surface area contributed by atoms with Crippen molar-refractivity contribution in [2.24, 2.45) is 11.8 Å². The number of rotatable bonds is 17.